The van der Waals surface area contributed by atoms with Crippen molar-refractivity contribution in [3.05, 3.63) is 52.0 Å². The van der Waals surface area contributed by atoms with Crippen LogP contribution in [0.5, 0.6) is 0 Å². The minimum absolute atomic E-state index is 0.475. The molecule has 2 N–H and O–H groups in total. The van der Waals surface area contributed by atoms with Crippen molar-refractivity contribution in [1.82, 2.24) is 0 Å². The van der Waals surface area contributed by atoms with E-state index in [-0.39, 0.29) is 0 Å². The fourth-order valence-electron chi connectivity index (χ4n) is 2.00. The number of nitrogen functional groups attached to an aromatic ring is 1. The van der Waals surface area contributed by atoms with Crippen LogP contribution in [-0.2, 0) is 0 Å². The van der Waals surface area contributed by atoms with Crippen molar-refractivity contribution in [2.45, 2.75) is 13.8 Å². The lowest BCUT2D eigenvalue weighted by atomic mass is 10.2. The molecule has 100 valence electrons. The minimum Gasteiger partial charge on any atom is -0.397 e. The van der Waals surface area contributed by atoms with Gasteiger partial charge in [-0.15, -0.1) is 0 Å². The van der Waals surface area contributed by atoms with Crippen LogP contribution in [0.2, 0.25) is 10.0 Å². The molecule has 0 saturated carbocycles. The summed E-state index contributed by atoms with van der Waals surface area (Å²) in [4.78, 5) is 2.11. The SMILES string of the molecule is CCN(c1ccc(C)cc1)c1cc(Cl)c(Cl)cc1N. The maximum Gasteiger partial charge on any atom is 0.0660 e. The van der Waals surface area contributed by atoms with Gasteiger partial charge in [0.1, 0.15) is 0 Å². The predicted molar refractivity (Wildman–Crippen MR) is 84.7 cm³/mol. The summed E-state index contributed by atoms with van der Waals surface area (Å²) in [6, 6.07) is 11.8. The first-order valence-electron chi connectivity index (χ1n) is 6.11. The van der Waals surface area contributed by atoms with Crippen LogP contribution in [0.25, 0.3) is 0 Å². The molecular formula is C15H16Cl2N2. The summed E-state index contributed by atoms with van der Waals surface area (Å²) in [7, 11) is 0. The largest absolute Gasteiger partial charge is 0.397 e. The first kappa shape index (κ1) is 14.0. The highest BCUT2D eigenvalue weighted by atomic mass is 35.5. The van der Waals surface area contributed by atoms with Gasteiger partial charge in [0.15, 0.2) is 0 Å². The Kier molecular flexibility index (Phi) is 4.23. The zero-order chi connectivity index (χ0) is 14.0. The van der Waals surface area contributed by atoms with E-state index >= 15 is 0 Å². The van der Waals surface area contributed by atoms with Crippen LogP contribution in [0.1, 0.15) is 12.5 Å². The average Bonchev–Trinajstić information content (AvgIpc) is 2.38. The first-order chi connectivity index (χ1) is 9.02. The highest BCUT2D eigenvalue weighted by molar-refractivity contribution is 6.42. The molecule has 2 rings (SSSR count). The standard InChI is InChI=1S/C15H16Cl2N2/c1-3-19(11-6-4-10(2)5-7-11)15-9-13(17)12(16)8-14(15)18/h4-9H,3,18H2,1-2H3. The van der Waals surface area contributed by atoms with E-state index in [2.05, 4.69) is 43.0 Å². The van der Waals surface area contributed by atoms with E-state index in [4.69, 9.17) is 28.9 Å². The summed E-state index contributed by atoms with van der Waals surface area (Å²) < 4.78 is 0. The van der Waals surface area contributed by atoms with Gasteiger partial charge in [-0.3, -0.25) is 0 Å². The van der Waals surface area contributed by atoms with Crippen LogP contribution in [0.4, 0.5) is 17.1 Å². The Bertz CT molecular complexity index is 579. The average molecular weight is 295 g/mol. The number of aryl methyl sites for hydroxylation is 1. The number of benzene rings is 2. The monoisotopic (exact) mass is 294 g/mol. The molecule has 0 aromatic heterocycles. The fourth-order valence-corrected chi connectivity index (χ4v) is 2.33. The molecule has 0 atom stereocenters. The van der Waals surface area contributed by atoms with E-state index in [0.717, 1.165) is 17.9 Å². The van der Waals surface area contributed by atoms with Crippen molar-refractivity contribution in [2.75, 3.05) is 17.2 Å². The quantitative estimate of drug-likeness (QED) is 0.803. The highest BCUT2D eigenvalue weighted by Gasteiger charge is 2.13. The third-order valence-electron chi connectivity index (χ3n) is 3.02. The normalized spacial score (nSPS) is 10.5. The second kappa shape index (κ2) is 5.72. The molecule has 0 fully saturated rings. The van der Waals surface area contributed by atoms with Gasteiger partial charge in [0.25, 0.3) is 0 Å². The molecule has 0 heterocycles. The van der Waals surface area contributed by atoms with Gasteiger partial charge in [-0.1, -0.05) is 40.9 Å². The summed E-state index contributed by atoms with van der Waals surface area (Å²) in [5.74, 6) is 0. The minimum atomic E-state index is 0.475. The molecule has 0 aliphatic rings. The van der Waals surface area contributed by atoms with Crippen molar-refractivity contribution < 1.29 is 0 Å². The molecule has 0 amide bonds. The van der Waals surface area contributed by atoms with Crippen LogP contribution in [0.15, 0.2) is 36.4 Å². The van der Waals surface area contributed by atoms with Crippen molar-refractivity contribution >= 4 is 40.3 Å². The number of hydrogen-bond donors (Lipinski definition) is 1. The Morgan fingerprint density at radius 1 is 1.05 bits per heavy atom. The third kappa shape index (κ3) is 2.96. The molecular weight excluding hydrogens is 279 g/mol. The summed E-state index contributed by atoms with van der Waals surface area (Å²) in [5.41, 5.74) is 9.85. The first-order valence-corrected chi connectivity index (χ1v) is 6.87. The van der Waals surface area contributed by atoms with Crippen molar-refractivity contribution in [1.29, 1.82) is 0 Å². The van der Waals surface area contributed by atoms with Crippen LogP contribution in [0, 0.1) is 6.92 Å². The number of halogens is 2. The maximum atomic E-state index is 6.09. The predicted octanol–water partition coefficient (Wildman–Crippen LogP) is 5.04. The van der Waals surface area contributed by atoms with Crippen molar-refractivity contribution in [3.63, 3.8) is 0 Å². The van der Waals surface area contributed by atoms with Gasteiger partial charge in [0.2, 0.25) is 0 Å². The summed E-state index contributed by atoms with van der Waals surface area (Å²) in [6.07, 6.45) is 0. The molecule has 0 aliphatic carbocycles. The Morgan fingerprint density at radius 2 is 1.63 bits per heavy atom. The second-order valence-corrected chi connectivity index (χ2v) is 5.22. The van der Waals surface area contributed by atoms with Crippen LogP contribution in [0.3, 0.4) is 0 Å². The lowest BCUT2D eigenvalue weighted by Crippen LogP contribution is -2.17. The molecule has 0 aliphatic heterocycles. The van der Waals surface area contributed by atoms with Gasteiger partial charge in [0.05, 0.1) is 21.4 Å². The number of hydrogen-bond acceptors (Lipinski definition) is 2. The second-order valence-electron chi connectivity index (χ2n) is 4.40. The van der Waals surface area contributed by atoms with E-state index in [1.807, 2.05) is 6.07 Å². The summed E-state index contributed by atoms with van der Waals surface area (Å²) in [5, 5.41) is 0.985. The fraction of sp³-hybridized carbons (Fsp3) is 0.200. The van der Waals surface area contributed by atoms with Crippen molar-refractivity contribution in [2.24, 2.45) is 0 Å². The summed E-state index contributed by atoms with van der Waals surface area (Å²) >= 11 is 12.1. The van der Waals surface area contributed by atoms with Gasteiger partial charge < -0.3 is 10.6 Å². The Hall–Kier alpha value is -1.38. The maximum absolute atomic E-state index is 6.09. The van der Waals surface area contributed by atoms with E-state index in [0.29, 0.717) is 15.7 Å². The summed E-state index contributed by atoms with van der Waals surface area (Å²) in [6.45, 7) is 4.93. The molecule has 0 unspecified atom stereocenters. The molecule has 0 bridgehead atoms. The van der Waals surface area contributed by atoms with E-state index in [9.17, 15) is 0 Å². The molecule has 0 radical (unpaired) electrons. The molecule has 2 aromatic rings. The van der Waals surface area contributed by atoms with Crippen LogP contribution < -0.4 is 10.6 Å². The van der Waals surface area contributed by atoms with Gasteiger partial charge in [-0.25, -0.2) is 0 Å². The zero-order valence-electron chi connectivity index (χ0n) is 11.0. The van der Waals surface area contributed by atoms with Gasteiger partial charge in [0, 0.05) is 12.2 Å². The molecule has 19 heavy (non-hydrogen) atoms. The lowest BCUT2D eigenvalue weighted by molar-refractivity contribution is 1.02. The topological polar surface area (TPSA) is 29.3 Å². The number of nitrogens with zero attached hydrogens (tertiary/aromatic N) is 1. The molecule has 2 nitrogen and oxygen atoms in total. The molecule has 0 spiro atoms. The zero-order valence-corrected chi connectivity index (χ0v) is 12.5. The van der Waals surface area contributed by atoms with Crippen LogP contribution >= 0.6 is 23.2 Å². The Balaban J connectivity index is 2.47. The highest BCUT2D eigenvalue weighted by Crippen LogP contribution is 2.36. The Morgan fingerprint density at radius 3 is 2.21 bits per heavy atom. The smallest absolute Gasteiger partial charge is 0.0660 e. The van der Waals surface area contributed by atoms with Crippen LogP contribution in [-0.4, -0.2) is 6.54 Å². The lowest BCUT2D eigenvalue weighted by Gasteiger charge is -2.25. The van der Waals surface area contributed by atoms with Crippen molar-refractivity contribution in [3.8, 4) is 0 Å². The van der Waals surface area contributed by atoms with Gasteiger partial charge >= 0.3 is 0 Å². The molecule has 2 aromatic carbocycles. The molecule has 0 saturated heterocycles. The Labute approximate surface area is 123 Å². The third-order valence-corrected chi connectivity index (χ3v) is 3.74. The number of nitrogens with two attached hydrogens (primary N) is 1. The number of anilines is 3. The van der Waals surface area contributed by atoms with E-state index < -0.39 is 0 Å². The number of rotatable bonds is 3. The van der Waals surface area contributed by atoms with Gasteiger partial charge in [-0.2, -0.15) is 0 Å². The van der Waals surface area contributed by atoms with E-state index in [1.165, 1.54) is 5.56 Å². The van der Waals surface area contributed by atoms with Gasteiger partial charge in [-0.05, 0) is 38.1 Å². The molecule has 4 heteroatoms. The van der Waals surface area contributed by atoms with E-state index in [1.54, 1.807) is 6.07 Å².